The first-order valence-electron chi connectivity index (χ1n) is 5.76. The Morgan fingerprint density at radius 2 is 1.62 bits per heavy atom. The Morgan fingerprint density at radius 1 is 1.00 bits per heavy atom. The quantitative estimate of drug-likeness (QED) is 0.642. The van der Waals surface area contributed by atoms with Gasteiger partial charge in [0.15, 0.2) is 0 Å². The summed E-state index contributed by atoms with van der Waals surface area (Å²) in [6, 6.07) is 8.56. The third kappa shape index (κ3) is 5.30. The standard InChI is InChI=1S/C13H10BF4O2.K/c15-13-7-11(5-6-12(13)14(16,17)18)20-8-9-1-3-10(19)4-2-9;/h1-7,19H,8H2;/q-1;+1. The monoisotopic (exact) mass is 324 g/mol. The summed E-state index contributed by atoms with van der Waals surface area (Å²) >= 11 is 0. The number of phenolic OH excluding ortho intramolecular Hbond substituents is 1. The van der Waals surface area contributed by atoms with Crippen molar-refractivity contribution in [3.8, 4) is 11.5 Å². The minimum Gasteiger partial charge on any atom is -0.508 e. The van der Waals surface area contributed by atoms with Crippen LogP contribution in [0.25, 0.3) is 0 Å². The summed E-state index contributed by atoms with van der Waals surface area (Å²) in [4.78, 5) is 0. The summed E-state index contributed by atoms with van der Waals surface area (Å²) in [6.07, 6.45) is 0. The molecule has 0 fully saturated rings. The second kappa shape index (κ2) is 7.64. The van der Waals surface area contributed by atoms with E-state index >= 15 is 0 Å². The van der Waals surface area contributed by atoms with Crippen molar-refractivity contribution in [1.29, 1.82) is 0 Å². The van der Waals surface area contributed by atoms with Gasteiger partial charge in [-0.05, 0) is 23.8 Å². The van der Waals surface area contributed by atoms with E-state index in [1.54, 1.807) is 12.1 Å². The molecule has 0 saturated carbocycles. The van der Waals surface area contributed by atoms with E-state index in [2.05, 4.69) is 0 Å². The molecule has 2 aromatic rings. The maximum Gasteiger partial charge on any atom is 1.00 e. The number of hydrogen-bond acceptors (Lipinski definition) is 2. The van der Waals surface area contributed by atoms with Crippen LogP contribution in [0.4, 0.5) is 17.3 Å². The van der Waals surface area contributed by atoms with Gasteiger partial charge in [-0.25, -0.2) is 4.39 Å². The number of hydrogen-bond donors (Lipinski definition) is 1. The summed E-state index contributed by atoms with van der Waals surface area (Å²) < 4.78 is 55.8. The van der Waals surface area contributed by atoms with Gasteiger partial charge in [0.1, 0.15) is 18.1 Å². The predicted molar refractivity (Wildman–Crippen MR) is 67.6 cm³/mol. The Hall–Kier alpha value is -0.539. The number of aromatic hydroxyl groups is 1. The fourth-order valence-electron chi connectivity index (χ4n) is 1.62. The second-order valence-corrected chi connectivity index (χ2v) is 4.21. The Morgan fingerprint density at radius 3 is 2.14 bits per heavy atom. The molecule has 0 amide bonds. The van der Waals surface area contributed by atoms with E-state index in [9.17, 15) is 17.3 Å². The van der Waals surface area contributed by atoms with Crippen molar-refractivity contribution in [3.05, 3.63) is 53.8 Å². The van der Waals surface area contributed by atoms with E-state index in [0.717, 1.165) is 6.07 Å². The number of rotatable bonds is 4. The molecule has 0 saturated heterocycles. The molecule has 0 aromatic heterocycles. The van der Waals surface area contributed by atoms with Crippen LogP contribution in [0.2, 0.25) is 0 Å². The number of ether oxygens (including phenoxy) is 1. The zero-order chi connectivity index (χ0) is 14.8. The van der Waals surface area contributed by atoms with Gasteiger partial charge in [0, 0.05) is 6.07 Å². The molecule has 0 bridgehead atoms. The average molecular weight is 324 g/mol. The SMILES string of the molecule is Oc1ccc(COc2ccc([B-](F)(F)F)c(F)c2)cc1.[K+]. The van der Waals surface area contributed by atoms with E-state index in [0.29, 0.717) is 17.7 Å². The summed E-state index contributed by atoms with van der Waals surface area (Å²) in [6.45, 7) is -5.30. The van der Waals surface area contributed by atoms with E-state index in [1.807, 2.05) is 0 Å². The van der Waals surface area contributed by atoms with Crippen molar-refractivity contribution < 1.29 is 78.6 Å². The van der Waals surface area contributed by atoms with Crippen molar-refractivity contribution in [2.24, 2.45) is 0 Å². The van der Waals surface area contributed by atoms with E-state index in [4.69, 9.17) is 9.84 Å². The molecule has 0 heterocycles. The van der Waals surface area contributed by atoms with Crippen molar-refractivity contribution in [1.82, 2.24) is 0 Å². The van der Waals surface area contributed by atoms with Gasteiger partial charge in [-0.15, -0.1) is 0 Å². The molecular formula is C13H10BF4KO2. The molecule has 8 heteroatoms. The number of halogens is 4. The Bertz CT molecular complexity index is 602. The fraction of sp³-hybridized carbons (Fsp3) is 0.0769. The second-order valence-electron chi connectivity index (χ2n) is 4.21. The molecule has 0 unspecified atom stereocenters. The van der Waals surface area contributed by atoms with Crippen LogP contribution >= 0.6 is 0 Å². The third-order valence-corrected chi connectivity index (χ3v) is 2.67. The molecule has 0 aliphatic heterocycles. The summed E-state index contributed by atoms with van der Waals surface area (Å²) in [5.74, 6) is -1.24. The number of benzene rings is 2. The van der Waals surface area contributed by atoms with Crippen LogP contribution < -0.4 is 61.6 Å². The molecule has 0 aliphatic carbocycles. The van der Waals surface area contributed by atoms with Gasteiger partial charge in [-0.2, -0.15) is 0 Å². The zero-order valence-electron chi connectivity index (χ0n) is 11.2. The normalized spacial score (nSPS) is 10.9. The molecule has 2 rings (SSSR count). The van der Waals surface area contributed by atoms with Gasteiger partial charge in [0.25, 0.3) is 0 Å². The minimum atomic E-state index is -5.37. The molecule has 106 valence electrons. The Kier molecular flexibility index (Phi) is 6.74. The van der Waals surface area contributed by atoms with Crippen LogP contribution in [-0.2, 0) is 6.61 Å². The van der Waals surface area contributed by atoms with Crippen LogP contribution in [0.1, 0.15) is 5.56 Å². The molecule has 1 N–H and O–H groups in total. The zero-order valence-corrected chi connectivity index (χ0v) is 14.3. The molecule has 0 radical (unpaired) electrons. The molecular weight excluding hydrogens is 314 g/mol. The summed E-state index contributed by atoms with van der Waals surface area (Å²) in [5, 5.41) is 9.09. The van der Waals surface area contributed by atoms with Crippen LogP contribution in [-0.4, -0.2) is 12.1 Å². The molecule has 21 heavy (non-hydrogen) atoms. The van der Waals surface area contributed by atoms with Crippen LogP contribution in [0.3, 0.4) is 0 Å². The van der Waals surface area contributed by atoms with Crippen molar-refractivity contribution in [2.75, 3.05) is 0 Å². The molecule has 2 aromatic carbocycles. The Labute approximate surface area is 161 Å². The van der Waals surface area contributed by atoms with E-state index in [1.165, 1.54) is 12.1 Å². The maximum absolute atomic E-state index is 13.3. The van der Waals surface area contributed by atoms with Crippen LogP contribution in [0.15, 0.2) is 42.5 Å². The predicted octanol–water partition coefficient (Wildman–Crippen LogP) is 0.169. The van der Waals surface area contributed by atoms with Crippen LogP contribution in [0, 0.1) is 5.82 Å². The fourth-order valence-corrected chi connectivity index (χ4v) is 1.62. The summed E-state index contributed by atoms with van der Waals surface area (Å²) in [7, 11) is 0. The first kappa shape index (κ1) is 18.5. The van der Waals surface area contributed by atoms with Crippen molar-refractivity contribution in [2.45, 2.75) is 6.61 Å². The maximum atomic E-state index is 13.3. The van der Waals surface area contributed by atoms with Crippen molar-refractivity contribution >= 4 is 12.4 Å². The largest absolute Gasteiger partial charge is 1.00 e. The van der Waals surface area contributed by atoms with Gasteiger partial charge >= 0.3 is 58.4 Å². The smallest absolute Gasteiger partial charge is 0.508 e. The summed E-state index contributed by atoms with van der Waals surface area (Å²) in [5.41, 5.74) is -0.561. The first-order valence-corrected chi connectivity index (χ1v) is 5.76. The molecule has 0 spiro atoms. The van der Waals surface area contributed by atoms with Gasteiger partial charge in [0.05, 0.1) is 5.82 Å². The van der Waals surface area contributed by atoms with E-state index < -0.39 is 18.3 Å². The number of phenols is 1. The van der Waals surface area contributed by atoms with Gasteiger partial charge in [0.2, 0.25) is 0 Å². The molecule has 2 nitrogen and oxygen atoms in total. The average Bonchev–Trinajstić information content (AvgIpc) is 2.36. The topological polar surface area (TPSA) is 29.5 Å². The van der Waals surface area contributed by atoms with Crippen LogP contribution in [0.5, 0.6) is 11.5 Å². The van der Waals surface area contributed by atoms with E-state index in [-0.39, 0.29) is 69.5 Å². The third-order valence-electron chi connectivity index (χ3n) is 2.67. The molecule has 0 aliphatic rings. The van der Waals surface area contributed by atoms with Crippen molar-refractivity contribution in [3.63, 3.8) is 0 Å². The van der Waals surface area contributed by atoms with Gasteiger partial charge in [-0.3, -0.25) is 0 Å². The van der Waals surface area contributed by atoms with Gasteiger partial charge < -0.3 is 22.8 Å². The minimum absolute atomic E-state index is 0. The molecule has 0 atom stereocenters. The first-order chi connectivity index (χ1) is 9.36. The Balaban J connectivity index is 0.00000220. The van der Waals surface area contributed by atoms with Gasteiger partial charge in [-0.1, -0.05) is 23.7 Å².